The zero-order chi connectivity index (χ0) is 94.2. The fraction of sp³-hybridized carbons (Fsp3) is 0.0465. The molecule has 2 aliphatic carbocycles. The van der Waals surface area contributed by atoms with E-state index in [4.69, 9.17) is 62.5 Å². The van der Waals surface area contributed by atoms with Gasteiger partial charge in [0.25, 0.3) is 0 Å². The van der Waals surface area contributed by atoms with Crippen LogP contribution in [0.1, 0.15) is 49.9 Å². The zero-order valence-electron chi connectivity index (χ0n) is 77.5. The maximum absolute atomic E-state index is 6.29. The second kappa shape index (κ2) is 32.0. The Morgan fingerprint density at radius 1 is 0.148 bits per heavy atom. The number of benzene rings is 21. The quantitative estimate of drug-likeness (QED) is 0.125. The Morgan fingerprint density at radius 2 is 0.408 bits per heavy atom. The highest BCUT2D eigenvalue weighted by Gasteiger charge is 2.38. The van der Waals surface area contributed by atoms with Gasteiger partial charge in [0.1, 0.15) is 44.7 Å². The summed E-state index contributed by atoms with van der Waals surface area (Å²) >= 11 is 0. The molecule has 0 N–H and O–H groups in total. The summed E-state index contributed by atoms with van der Waals surface area (Å²) in [5.74, 6) is 5.73. The van der Waals surface area contributed by atoms with Crippen molar-refractivity contribution in [2.24, 2.45) is 0 Å². The molecule has 0 fully saturated rings. The van der Waals surface area contributed by atoms with Crippen molar-refractivity contribution in [3.8, 4) is 125 Å². The topological polar surface area (TPSA) is 169 Å². The Morgan fingerprint density at radius 3 is 0.817 bits per heavy atom. The number of hydrogen-bond acceptors (Lipinski definition) is 13. The monoisotopic (exact) mass is 1820 g/mol. The van der Waals surface area contributed by atoms with Crippen LogP contribution in [0, 0.1) is 0 Å². The summed E-state index contributed by atoms with van der Waals surface area (Å²) < 4.78 is 25.1. The van der Waals surface area contributed by atoms with Crippen LogP contribution in [-0.2, 0) is 10.8 Å². The van der Waals surface area contributed by atoms with Gasteiger partial charge in [-0.15, -0.1) is 0 Å². The van der Waals surface area contributed by atoms with Crippen molar-refractivity contribution < 1.29 is 17.7 Å². The van der Waals surface area contributed by atoms with Crippen LogP contribution in [0.4, 0.5) is 0 Å². The molecule has 28 aromatic rings. The van der Waals surface area contributed by atoms with Gasteiger partial charge >= 0.3 is 0 Å². The highest BCUT2D eigenvalue weighted by atomic mass is 16.3. The van der Waals surface area contributed by atoms with Crippen molar-refractivity contribution in [1.29, 1.82) is 0 Å². The molecule has 0 amide bonds. The van der Waals surface area contributed by atoms with E-state index in [1.54, 1.807) is 0 Å². The van der Waals surface area contributed by atoms with Crippen molar-refractivity contribution in [1.82, 2.24) is 44.9 Å². The van der Waals surface area contributed by atoms with Crippen molar-refractivity contribution in [2.45, 2.75) is 38.5 Å². The number of rotatable bonds is 9. The van der Waals surface area contributed by atoms with E-state index in [2.05, 4.69) is 313 Å². The van der Waals surface area contributed by atoms with Crippen molar-refractivity contribution >= 4 is 152 Å². The summed E-state index contributed by atoms with van der Waals surface area (Å²) in [6, 6.07) is 145. The lowest BCUT2D eigenvalue weighted by molar-refractivity contribution is 0.660. The third kappa shape index (κ3) is 13.3. The molecule has 13 heteroatoms. The molecule has 13 nitrogen and oxygen atoms in total. The summed E-state index contributed by atoms with van der Waals surface area (Å²) in [4.78, 5) is 45.9. The Balaban J connectivity index is 0.000000104. The molecule has 0 spiro atoms. The molecule has 0 unspecified atom stereocenters. The average molecular weight is 1820 g/mol. The third-order valence-electron chi connectivity index (χ3n) is 29.1. The van der Waals surface area contributed by atoms with Gasteiger partial charge in [-0.05, 0) is 172 Å². The third-order valence-corrected chi connectivity index (χ3v) is 29.1. The number of fused-ring (bicyclic) bond motifs is 30. The number of furan rings is 4. The summed E-state index contributed by atoms with van der Waals surface area (Å²) in [6.45, 7) is 9.20. The molecule has 666 valence electrons. The van der Waals surface area contributed by atoms with E-state index in [0.717, 1.165) is 181 Å². The van der Waals surface area contributed by atoms with Crippen molar-refractivity contribution in [3.05, 3.63) is 441 Å². The molecule has 21 aromatic carbocycles. The molecule has 2 aliphatic rings. The minimum absolute atomic E-state index is 0.0660. The molecule has 7 heterocycles. The van der Waals surface area contributed by atoms with E-state index in [-0.39, 0.29) is 10.8 Å². The maximum atomic E-state index is 6.29. The minimum Gasteiger partial charge on any atom is -0.456 e. The van der Waals surface area contributed by atoms with E-state index in [1.807, 2.05) is 133 Å². The first-order valence-corrected chi connectivity index (χ1v) is 48.0. The van der Waals surface area contributed by atoms with Gasteiger partial charge in [-0.1, -0.05) is 367 Å². The average Bonchev–Trinajstić information content (AvgIpc) is 1.73. The predicted octanol–water partition coefficient (Wildman–Crippen LogP) is 33.7. The molecule has 142 heavy (non-hydrogen) atoms. The van der Waals surface area contributed by atoms with Crippen LogP contribution in [0.2, 0.25) is 0 Å². The van der Waals surface area contributed by atoms with Gasteiger partial charge in [-0.3, -0.25) is 0 Å². The molecule has 0 bridgehead atoms. The summed E-state index contributed by atoms with van der Waals surface area (Å²) in [7, 11) is 0. The molecule has 0 atom stereocenters. The Hall–Kier alpha value is -18.6. The van der Waals surface area contributed by atoms with Gasteiger partial charge < -0.3 is 17.7 Å². The summed E-state index contributed by atoms with van der Waals surface area (Å²) in [5, 5.41) is 22.6. The Labute approximate surface area is 813 Å². The van der Waals surface area contributed by atoms with Crippen molar-refractivity contribution in [2.75, 3.05) is 0 Å². The van der Waals surface area contributed by atoms with Crippen LogP contribution in [-0.4, -0.2) is 44.9 Å². The van der Waals surface area contributed by atoms with Gasteiger partial charge in [-0.2, -0.15) is 0 Å². The van der Waals surface area contributed by atoms with Crippen LogP contribution in [0.25, 0.3) is 277 Å². The SMILES string of the molecule is CC1(C)c2ccccc2-c2cc(-c3nc(-c4ccccc4)nc(-c4ccc5ccc6ccc7oc8ccccc8c7c6c5c4)n3)ccc21.CC1(C)c2ccccc2-c2ccc(-c3nc(-c4ccccc4)nc(-c4ccc5ccc6ccc7oc8ccccc8c7c6c5c4)n3)cc21.c1ccc(-c2nc(-c3ccc4ccc5ccc6oc7ccccc7c6c5c4c3)nc(-c3cccc4oc5ccccc5c34)n2)cc1. The van der Waals surface area contributed by atoms with Crippen LogP contribution in [0.15, 0.2) is 436 Å². The molecular formula is C129H81N9O4. The smallest absolute Gasteiger partial charge is 0.164 e. The Kier molecular flexibility index (Phi) is 18.4. The summed E-state index contributed by atoms with van der Waals surface area (Å²) in [5.41, 5.74) is 25.6. The van der Waals surface area contributed by atoms with Crippen LogP contribution >= 0.6 is 0 Å². The second-order valence-corrected chi connectivity index (χ2v) is 38.1. The largest absolute Gasteiger partial charge is 0.456 e. The fourth-order valence-corrected chi connectivity index (χ4v) is 22.2. The Bertz CT molecular complexity index is 10200. The van der Waals surface area contributed by atoms with E-state index in [9.17, 15) is 0 Å². The first kappa shape index (κ1) is 81.7. The lowest BCUT2D eigenvalue weighted by atomic mass is 9.82. The number of aromatic nitrogens is 9. The summed E-state index contributed by atoms with van der Waals surface area (Å²) in [6.07, 6.45) is 0. The fourth-order valence-electron chi connectivity index (χ4n) is 22.2. The molecular weight excluding hydrogens is 1740 g/mol. The van der Waals surface area contributed by atoms with E-state index in [1.165, 1.54) is 66.1 Å². The first-order valence-electron chi connectivity index (χ1n) is 48.0. The highest BCUT2D eigenvalue weighted by Crippen LogP contribution is 2.53. The van der Waals surface area contributed by atoms with Gasteiger partial charge in [0.15, 0.2) is 52.4 Å². The second-order valence-electron chi connectivity index (χ2n) is 38.1. The van der Waals surface area contributed by atoms with Crippen molar-refractivity contribution in [3.63, 3.8) is 0 Å². The van der Waals surface area contributed by atoms with Crippen LogP contribution in [0.5, 0.6) is 0 Å². The lowest BCUT2D eigenvalue weighted by Crippen LogP contribution is -2.15. The lowest BCUT2D eigenvalue weighted by Gasteiger charge is -2.21. The molecule has 0 saturated heterocycles. The molecule has 0 aliphatic heterocycles. The van der Waals surface area contributed by atoms with E-state index >= 15 is 0 Å². The number of nitrogens with zero attached hydrogens (tertiary/aromatic N) is 9. The van der Waals surface area contributed by atoms with Crippen LogP contribution in [0.3, 0.4) is 0 Å². The highest BCUT2D eigenvalue weighted by molar-refractivity contribution is 6.30. The minimum atomic E-state index is -0.123. The predicted molar refractivity (Wildman–Crippen MR) is 578 cm³/mol. The number of hydrogen-bond donors (Lipinski definition) is 0. The molecule has 7 aromatic heterocycles. The normalized spacial score (nSPS) is 12.9. The molecule has 0 saturated carbocycles. The van der Waals surface area contributed by atoms with Gasteiger partial charge in [0, 0.05) is 120 Å². The molecule has 30 rings (SSSR count). The van der Waals surface area contributed by atoms with Gasteiger partial charge in [-0.25, -0.2) is 44.9 Å². The number of para-hydroxylation sites is 4. The standard InChI is InChI=1S/2C44H29N3O.C41H23N3O2/c1-44(2)35-14-8-6-12-31(35)32-22-20-30(25-36(32)44)43-46-41(28-10-4-3-5-11-28)45-42(47-43)29-19-17-26-16-18-27-21-23-38-40(39(27)34(26)24-29)33-13-7-9-15-37(33)48-38;1-44(2)35-14-8-6-12-31(35)34-25-30(20-22-36(34)44)43-46-41(28-10-4-3-5-11-28)45-42(47-43)29-19-17-26-16-18-27-21-23-38-40(39(27)33(26)24-29)32-13-7-9-15-37(32)48-38;1-2-9-26(10-3-1)39-42-40(44-41(43-39)30-13-8-16-34-37(30)28-11-4-6-14-32(28)45-34)27-20-18-24-17-19-25-21-22-35-38(36(25)31(24)23-27)29-12-5-7-15-33(29)46-35/h2*3-25H,1-2H3;1-23H. The first-order chi connectivity index (χ1) is 69.8. The molecule has 0 radical (unpaired) electrons. The van der Waals surface area contributed by atoms with Gasteiger partial charge in [0.05, 0.1) is 0 Å². The van der Waals surface area contributed by atoms with E-state index < -0.39 is 0 Å². The maximum Gasteiger partial charge on any atom is 0.164 e. The zero-order valence-corrected chi connectivity index (χ0v) is 77.5. The van der Waals surface area contributed by atoms with Crippen LogP contribution < -0.4 is 0 Å². The van der Waals surface area contributed by atoms with Gasteiger partial charge in [0.2, 0.25) is 0 Å². The van der Waals surface area contributed by atoms with E-state index in [0.29, 0.717) is 52.4 Å².